The van der Waals surface area contributed by atoms with Crippen LogP contribution in [-0.4, -0.2) is 52.5 Å². The molecule has 6 nitrogen and oxygen atoms in total. The molecule has 31 heavy (non-hydrogen) atoms. The Bertz CT molecular complexity index is 891. The van der Waals surface area contributed by atoms with Crippen LogP contribution in [0.25, 0.3) is 0 Å². The SMILES string of the molecule is CC(C)[C@@H](C(=O)OCc1ccccc1)N(C)C(=O)N1CCCC1Cc1ncccc1F. The minimum absolute atomic E-state index is 0.119. The number of benzene rings is 1. The zero-order valence-corrected chi connectivity index (χ0v) is 18.3. The molecule has 0 bridgehead atoms. The molecule has 1 aliphatic rings. The van der Waals surface area contributed by atoms with Gasteiger partial charge in [-0.2, -0.15) is 0 Å². The van der Waals surface area contributed by atoms with E-state index in [1.807, 2.05) is 44.2 Å². The summed E-state index contributed by atoms with van der Waals surface area (Å²) in [6.07, 6.45) is 3.53. The van der Waals surface area contributed by atoms with E-state index in [0.717, 1.165) is 18.4 Å². The molecule has 1 saturated heterocycles. The fourth-order valence-corrected chi connectivity index (χ4v) is 4.10. The standard InChI is InChI=1S/C24H30FN3O3/c1-17(2)22(23(29)31-16-18-9-5-4-6-10-18)27(3)24(30)28-14-8-11-19(28)15-21-20(25)12-7-13-26-21/h4-7,9-10,12-13,17,19,22H,8,11,14-16H2,1-3H3/t19?,22-/m0/s1. The number of halogens is 1. The molecule has 0 saturated carbocycles. The number of hydrogen-bond acceptors (Lipinski definition) is 4. The van der Waals surface area contributed by atoms with Crippen molar-refractivity contribution in [1.29, 1.82) is 0 Å². The Balaban J connectivity index is 1.67. The summed E-state index contributed by atoms with van der Waals surface area (Å²) in [5, 5.41) is 0. The van der Waals surface area contributed by atoms with Crippen LogP contribution in [0.3, 0.4) is 0 Å². The number of amides is 2. The van der Waals surface area contributed by atoms with Gasteiger partial charge in [-0.15, -0.1) is 0 Å². The third-order valence-electron chi connectivity index (χ3n) is 5.70. The van der Waals surface area contributed by atoms with Crippen LogP contribution in [0.4, 0.5) is 9.18 Å². The fourth-order valence-electron chi connectivity index (χ4n) is 4.10. The molecule has 1 aromatic carbocycles. The predicted molar refractivity (Wildman–Crippen MR) is 116 cm³/mol. The molecule has 0 aliphatic carbocycles. The molecule has 166 valence electrons. The van der Waals surface area contributed by atoms with Gasteiger partial charge in [0, 0.05) is 32.3 Å². The van der Waals surface area contributed by atoms with Crippen LogP contribution in [0.5, 0.6) is 0 Å². The maximum atomic E-state index is 14.1. The molecule has 7 heteroatoms. The molecule has 2 heterocycles. The lowest BCUT2D eigenvalue weighted by molar-refractivity contribution is -0.151. The number of pyridine rings is 1. The van der Waals surface area contributed by atoms with E-state index >= 15 is 0 Å². The molecular formula is C24H30FN3O3. The van der Waals surface area contributed by atoms with Gasteiger partial charge in [0.05, 0.1) is 5.69 Å². The number of carbonyl (C=O) groups is 2. The number of carbonyl (C=O) groups excluding carboxylic acids is 2. The first kappa shape index (κ1) is 22.7. The number of hydrogen-bond donors (Lipinski definition) is 0. The van der Waals surface area contributed by atoms with Crippen molar-refractivity contribution in [3.8, 4) is 0 Å². The van der Waals surface area contributed by atoms with Crippen LogP contribution in [0.2, 0.25) is 0 Å². The summed E-state index contributed by atoms with van der Waals surface area (Å²) in [5.74, 6) is -0.910. The smallest absolute Gasteiger partial charge is 0.329 e. The second-order valence-electron chi connectivity index (χ2n) is 8.30. The Labute approximate surface area is 183 Å². The number of urea groups is 1. The average molecular weight is 428 g/mol. The van der Waals surface area contributed by atoms with E-state index in [4.69, 9.17) is 4.74 Å². The van der Waals surface area contributed by atoms with Gasteiger partial charge in [0.2, 0.25) is 0 Å². The highest BCUT2D eigenvalue weighted by Crippen LogP contribution is 2.24. The Morgan fingerprint density at radius 1 is 1.23 bits per heavy atom. The van der Waals surface area contributed by atoms with E-state index in [9.17, 15) is 14.0 Å². The van der Waals surface area contributed by atoms with Gasteiger partial charge in [-0.3, -0.25) is 4.98 Å². The average Bonchev–Trinajstić information content (AvgIpc) is 3.22. The number of esters is 1. The summed E-state index contributed by atoms with van der Waals surface area (Å²) in [6.45, 7) is 4.52. The molecule has 1 unspecified atom stereocenters. The topological polar surface area (TPSA) is 62.7 Å². The summed E-state index contributed by atoms with van der Waals surface area (Å²) < 4.78 is 19.6. The van der Waals surface area contributed by atoms with E-state index in [2.05, 4.69) is 4.98 Å². The van der Waals surface area contributed by atoms with Gasteiger partial charge in [0.25, 0.3) is 0 Å². The molecule has 1 aliphatic heterocycles. The fraction of sp³-hybridized carbons (Fsp3) is 0.458. The van der Waals surface area contributed by atoms with E-state index in [-0.39, 0.29) is 30.4 Å². The number of aromatic nitrogens is 1. The zero-order valence-electron chi connectivity index (χ0n) is 18.3. The normalized spacial score (nSPS) is 16.9. The van der Waals surface area contributed by atoms with Crippen molar-refractivity contribution in [1.82, 2.24) is 14.8 Å². The predicted octanol–water partition coefficient (Wildman–Crippen LogP) is 4.05. The molecular weight excluding hydrogens is 397 g/mol. The molecule has 1 aromatic heterocycles. The van der Waals surface area contributed by atoms with E-state index in [0.29, 0.717) is 18.7 Å². The number of nitrogens with zero attached hydrogens (tertiary/aromatic N) is 3. The lowest BCUT2D eigenvalue weighted by Crippen LogP contribution is -2.53. The molecule has 2 aromatic rings. The summed E-state index contributed by atoms with van der Waals surface area (Å²) >= 11 is 0. The highest BCUT2D eigenvalue weighted by atomic mass is 19.1. The van der Waals surface area contributed by atoms with Crippen molar-refractivity contribution in [2.75, 3.05) is 13.6 Å². The van der Waals surface area contributed by atoms with Crippen molar-refractivity contribution in [2.45, 2.75) is 51.8 Å². The van der Waals surface area contributed by atoms with Gasteiger partial charge in [-0.25, -0.2) is 14.0 Å². The van der Waals surface area contributed by atoms with Gasteiger partial charge in [0.1, 0.15) is 18.5 Å². The largest absolute Gasteiger partial charge is 0.459 e. The van der Waals surface area contributed by atoms with Crippen molar-refractivity contribution >= 4 is 12.0 Å². The zero-order chi connectivity index (χ0) is 22.4. The number of ether oxygens (including phenoxy) is 1. The van der Waals surface area contributed by atoms with Crippen molar-refractivity contribution in [3.05, 3.63) is 65.7 Å². The highest BCUT2D eigenvalue weighted by Gasteiger charge is 2.37. The summed E-state index contributed by atoms with van der Waals surface area (Å²) in [4.78, 5) is 33.4. The van der Waals surface area contributed by atoms with E-state index in [1.54, 1.807) is 24.2 Å². The van der Waals surface area contributed by atoms with Crippen LogP contribution >= 0.6 is 0 Å². The number of likely N-dealkylation sites (tertiary alicyclic amines) is 1. The quantitative estimate of drug-likeness (QED) is 0.626. The molecule has 0 radical (unpaired) electrons. The molecule has 0 spiro atoms. The number of rotatable bonds is 7. The molecule has 2 atom stereocenters. The number of likely N-dealkylation sites (N-methyl/N-ethyl adjacent to an activating group) is 1. The van der Waals surface area contributed by atoms with Gasteiger partial charge < -0.3 is 14.5 Å². The van der Waals surface area contributed by atoms with Crippen LogP contribution in [0, 0.1) is 11.7 Å². The van der Waals surface area contributed by atoms with E-state index < -0.39 is 12.0 Å². The van der Waals surface area contributed by atoms with Crippen molar-refractivity contribution in [2.24, 2.45) is 5.92 Å². The Morgan fingerprint density at radius 2 is 1.97 bits per heavy atom. The van der Waals surface area contributed by atoms with Crippen molar-refractivity contribution < 1.29 is 18.7 Å². The lowest BCUT2D eigenvalue weighted by Gasteiger charge is -2.35. The minimum atomic E-state index is -0.705. The first-order chi connectivity index (χ1) is 14.9. The van der Waals surface area contributed by atoms with Crippen LogP contribution in [0.1, 0.15) is 37.9 Å². The third-order valence-corrected chi connectivity index (χ3v) is 5.70. The molecule has 2 amide bonds. The summed E-state index contributed by atoms with van der Waals surface area (Å²) in [7, 11) is 1.63. The third kappa shape index (κ3) is 5.60. The maximum absolute atomic E-state index is 14.1. The lowest BCUT2D eigenvalue weighted by atomic mass is 10.0. The molecule has 3 rings (SSSR count). The Kier molecular flexibility index (Phi) is 7.60. The van der Waals surface area contributed by atoms with Gasteiger partial charge in [-0.05, 0) is 36.5 Å². The first-order valence-electron chi connectivity index (χ1n) is 10.7. The van der Waals surface area contributed by atoms with Gasteiger partial charge >= 0.3 is 12.0 Å². The highest BCUT2D eigenvalue weighted by molar-refractivity contribution is 5.84. The Hall–Kier alpha value is -2.96. The van der Waals surface area contributed by atoms with Crippen molar-refractivity contribution in [3.63, 3.8) is 0 Å². The summed E-state index contributed by atoms with van der Waals surface area (Å²) in [6, 6.07) is 11.3. The molecule has 1 fully saturated rings. The van der Waals surface area contributed by atoms with Gasteiger partial charge in [0.15, 0.2) is 0 Å². The first-order valence-corrected chi connectivity index (χ1v) is 10.7. The van der Waals surface area contributed by atoms with Gasteiger partial charge in [-0.1, -0.05) is 44.2 Å². The Morgan fingerprint density at radius 3 is 2.65 bits per heavy atom. The van der Waals surface area contributed by atoms with Crippen LogP contribution in [-0.2, 0) is 22.6 Å². The second kappa shape index (κ2) is 10.4. The minimum Gasteiger partial charge on any atom is -0.459 e. The van der Waals surface area contributed by atoms with Crippen LogP contribution in [0.15, 0.2) is 48.7 Å². The second-order valence-corrected chi connectivity index (χ2v) is 8.30. The maximum Gasteiger partial charge on any atom is 0.329 e. The molecule has 0 N–H and O–H groups in total. The van der Waals surface area contributed by atoms with Crippen LogP contribution < -0.4 is 0 Å². The summed E-state index contributed by atoms with van der Waals surface area (Å²) in [5.41, 5.74) is 1.25. The van der Waals surface area contributed by atoms with E-state index in [1.165, 1.54) is 11.0 Å². The monoisotopic (exact) mass is 427 g/mol.